The molecule has 0 aliphatic heterocycles. The first-order valence-corrected chi connectivity index (χ1v) is 9.15. The van der Waals surface area contributed by atoms with Gasteiger partial charge in [0.05, 0.1) is 11.8 Å². The van der Waals surface area contributed by atoms with Crippen molar-refractivity contribution in [2.75, 3.05) is 5.32 Å². The molecule has 0 radical (unpaired) electrons. The average molecular weight is 408 g/mol. The fraction of sp³-hybridized carbons (Fsp3) is 0.136. The maximum absolute atomic E-state index is 12.9. The Hall–Kier alpha value is -3.94. The van der Waals surface area contributed by atoms with Gasteiger partial charge in [-0.25, -0.2) is 19.4 Å². The molecule has 0 saturated carbocycles. The highest BCUT2D eigenvalue weighted by molar-refractivity contribution is 5.91. The maximum Gasteiger partial charge on any atom is 0.339 e. The Morgan fingerprint density at radius 1 is 1.07 bits per heavy atom. The van der Waals surface area contributed by atoms with E-state index >= 15 is 0 Å². The van der Waals surface area contributed by atoms with Crippen LogP contribution in [0.15, 0.2) is 53.6 Å². The van der Waals surface area contributed by atoms with Gasteiger partial charge in [0.2, 0.25) is 0 Å². The molecular formula is C22H21FN4O3. The van der Waals surface area contributed by atoms with Crippen molar-refractivity contribution in [3.63, 3.8) is 0 Å². The third-order valence-electron chi connectivity index (χ3n) is 4.63. The second kappa shape index (κ2) is 8.60. The summed E-state index contributed by atoms with van der Waals surface area (Å²) in [4.78, 5) is 23.1. The third-order valence-corrected chi connectivity index (χ3v) is 4.63. The van der Waals surface area contributed by atoms with Gasteiger partial charge >= 0.3 is 12.0 Å². The van der Waals surface area contributed by atoms with Crippen molar-refractivity contribution in [1.29, 1.82) is 0 Å². The lowest BCUT2D eigenvalue weighted by molar-refractivity contribution is 0.0696. The average Bonchev–Trinajstić information content (AvgIpc) is 2.97. The van der Waals surface area contributed by atoms with Crippen LogP contribution in [0.3, 0.4) is 0 Å². The molecule has 0 spiro atoms. The summed E-state index contributed by atoms with van der Waals surface area (Å²) in [6.07, 6.45) is 1.53. The van der Waals surface area contributed by atoms with Crippen LogP contribution in [0.4, 0.5) is 14.9 Å². The molecule has 0 unspecified atom stereocenters. The first kappa shape index (κ1) is 20.8. The van der Waals surface area contributed by atoms with Gasteiger partial charge in [-0.1, -0.05) is 0 Å². The number of aromatic carboxylic acids is 1. The smallest absolute Gasteiger partial charge is 0.339 e. The molecule has 0 aliphatic rings. The number of halogens is 1. The van der Waals surface area contributed by atoms with Crippen LogP contribution in [-0.4, -0.2) is 27.9 Å². The summed E-state index contributed by atoms with van der Waals surface area (Å²) in [5, 5.41) is 15.7. The van der Waals surface area contributed by atoms with E-state index < -0.39 is 12.0 Å². The number of urea groups is 1. The fourth-order valence-electron chi connectivity index (χ4n) is 3.18. The number of carbonyl (C=O) groups excluding carboxylic acids is 1. The van der Waals surface area contributed by atoms with Gasteiger partial charge in [0.15, 0.2) is 0 Å². The molecule has 7 nitrogen and oxygen atoms in total. The van der Waals surface area contributed by atoms with Crippen molar-refractivity contribution in [3.05, 3.63) is 82.4 Å². The highest BCUT2D eigenvalue weighted by Gasteiger charge is 2.13. The minimum atomic E-state index is -0.969. The molecule has 0 saturated heterocycles. The monoisotopic (exact) mass is 408 g/mol. The summed E-state index contributed by atoms with van der Waals surface area (Å²) in [6, 6.07) is 11.7. The number of hydrazone groups is 1. The fourth-order valence-corrected chi connectivity index (χ4v) is 3.18. The van der Waals surface area contributed by atoms with Gasteiger partial charge in [0.25, 0.3) is 0 Å². The summed E-state index contributed by atoms with van der Waals surface area (Å²) in [5.41, 5.74) is 7.39. The molecule has 154 valence electrons. The number of nitrogens with zero attached hydrogens (tertiary/aromatic N) is 2. The SMILES string of the molecule is Cc1cc(C(=O)O)ccc1-n1c(C)cc(/C=N/NC(=O)Nc2ccc(F)cc2)c1C. The Balaban J connectivity index is 1.74. The summed E-state index contributed by atoms with van der Waals surface area (Å²) in [6.45, 7) is 5.71. The van der Waals surface area contributed by atoms with Gasteiger partial charge in [-0.15, -0.1) is 0 Å². The summed E-state index contributed by atoms with van der Waals surface area (Å²) >= 11 is 0. The predicted molar refractivity (Wildman–Crippen MR) is 113 cm³/mol. The number of rotatable bonds is 5. The molecule has 1 heterocycles. The van der Waals surface area contributed by atoms with Crippen LogP contribution in [0.2, 0.25) is 0 Å². The number of aryl methyl sites for hydroxylation is 2. The van der Waals surface area contributed by atoms with Crippen molar-refractivity contribution in [2.24, 2.45) is 5.10 Å². The minimum absolute atomic E-state index is 0.233. The predicted octanol–water partition coefficient (Wildman–Crippen LogP) is 4.40. The molecule has 1 aromatic heterocycles. The van der Waals surface area contributed by atoms with Crippen molar-refractivity contribution in [3.8, 4) is 5.69 Å². The number of aromatic nitrogens is 1. The molecule has 0 fully saturated rings. The number of benzene rings is 2. The summed E-state index contributed by atoms with van der Waals surface area (Å²) < 4.78 is 14.9. The van der Waals surface area contributed by atoms with E-state index in [9.17, 15) is 14.0 Å². The van der Waals surface area contributed by atoms with E-state index in [1.165, 1.54) is 30.5 Å². The number of carboxylic acid groups (broad SMARTS) is 1. The minimum Gasteiger partial charge on any atom is -0.478 e. The number of hydrogen-bond acceptors (Lipinski definition) is 3. The van der Waals surface area contributed by atoms with Gasteiger partial charge in [0.1, 0.15) is 5.82 Å². The van der Waals surface area contributed by atoms with Crippen LogP contribution in [0.25, 0.3) is 5.69 Å². The lowest BCUT2D eigenvalue weighted by Crippen LogP contribution is -2.24. The first-order chi connectivity index (χ1) is 14.3. The highest BCUT2D eigenvalue weighted by Crippen LogP contribution is 2.23. The van der Waals surface area contributed by atoms with Crippen molar-refractivity contribution >= 4 is 23.9 Å². The molecule has 3 N–H and O–H groups in total. The lowest BCUT2D eigenvalue weighted by atomic mass is 10.1. The van der Waals surface area contributed by atoms with Crippen LogP contribution in [0, 0.1) is 26.6 Å². The van der Waals surface area contributed by atoms with E-state index in [-0.39, 0.29) is 11.4 Å². The molecule has 0 atom stereocenters. The van der Waals surface area contributed by atoms with E-state index in [0.717, 1.165) is 28.2 Å². The Morgan fingerprint density at radius 2 is 1.77 bits per heavy atom. The second-order valence-corrected chi connectivity index (χ2v) is 6.80. The molecule has 3 rings (SSSR count). The van der Waals surface area contributed by atoms with Crippen molar-refractivity contribution in [2.45, 2.75) is 20.8 Å². The second-order valence-electron chi connectivity index (χ2n) is 6.80. The van der Waals surface area contributed by atoms with Crippen LogP contribution < -0.4 is 10.7 Å². The number of nitrogens with one attached hydrogen (secondary N) is 2. The summed E-state index contributed by atoms with van der Waals surface area (Å²) in [5.74, 6) is -1.36. The standard InChI is InChI=1S/C22H21FN4O3/c1-13-10-16(21(28)29)4-9-20(13)27-14(2)11-17(15(27)3)12-24-26-22(30)25-19-7-5-18(23)6-8-19/h4-12H,1-3H3,(H,28,29)(H2,25,26,30)/b24-12+. The van der Waals surface area contributed by atoms with Crippen LogP contribution in [-0.2, 0) is 0 Å². The Bertz CT molecular complexity index is 1130. The molecule has 2 aromatic carbocycles. The number of amides is 2. The van der Waals surface area contributed by atoms with Crippen LogP contribution in [0.5, 0.6) is 0 Å². The quantitative estimate of drug-likeness (QED) is 0.431. The van der Waals surface area contributed by atoms with Crippen LogP contribution in [0.1, 0.15) is 32.9 Å². The van der Waals surface area contributed by atoms with Gasteiger partial charge in [-0.05, 0) is 74.9 Å². The number of carbonyl (C=O) groups is 2. The molecule has 0 bridgehead atoms. The number of carboxylic acids is 1. The highest BCUT2D eigenvalue weighted by atomic mass is 19.1. The van der Waals surface area contributed by atoms with Gasteiger partial charge in [-0.2, -0.15) is 5.10 Å². The Morgan fingerprint density at radius 3 is 2.40 bits per heavy atom. The molecule has 30 heavy (non-hydrogen) atoms. The Kier molecular flexibility index (Phi) is 5.96. The van der Waals surface area contributed by atoms with Crippen molar-refractivity contribution < 1.29 is 19.1 Å². The van der Waals surface area contributed by atoms with Crippen molar-refractivity contribution in [1.82, 2.24) is 9.99 Å². The zero-order valence-electron chi connectivity index (χ0n) is 16.7. The van der Waals surface area contributed by atoms with Gasteiger partial charge in [0, 0.05) is 28.3 Å². The zero-order chi connectivity index (χ0) is 21.8. The normalized spacial score (nSPS) is 10.9. The molecule has 3 aromatic rings. The van der Waals surface area contributed by atoms with E-state index in [1.54, 1.807) is 18.2 Å². The summed E-state index contributed by atoms with van der Waals surface area (Å²) in [7, 11) is 0. The number of hydrogen-bond donors (Lipinski definition) is 3. The van der Waals surface area contributed by atoms with Crippen LogP contribution >= 0.6 is 0 Å². The lowest BCUT2D eigenvalue weighted by Gasteiger charge is -2.13. The third kappa shape index (κ3) is 4.54. The first-order valence-electron chi connectivity index (χ1n) is 9.15. The maximum atomic E-state index is 12.9. The number of anilines is 1. The van der Waals surface area contributed by atoms with Gasteiger partial charge < -0.3 is 15.0 Å². The molecule has 8 heteroatoms. The van der Waals surface area contributed by atoms with E-state index in [2.05, 4.69) is 15.8 Å². The molecule has 0 aliphatic carbocycles. The zero-order valence-corrected chi connectivity index (χ0v) is 16.7. The topological polar surface area (TPSA) is 95.7 Å². The largest absolute Gasteiger partial charge is 0.478 e. The van der Waals surface area contributed by atoms with Gasteiger partial charge in [-0.3, -0.25) is 0 Å². The Labute approximate surface area is 172 Å². The molecular weight excluding hydrogens is 387 g/mol. The van der Waals surface area contributed by atoms with E-state index in [0.29, 0.717) is 5.69 Å². The molecule has 2 amide bonds. The van der Waals surface area contributed by atoms with E-state index in [1.807, 2.05) is 31.4 Å². The van der Waals surface area contributed by atoms with E-state index in [4.69, 9.17) is 5.11 Å².